The predicted octanol–water partition coefficient (Wildman–Crippen LogP) is 5.87. The van der Waals surface area contributed by atoms with Crippen molar-refractivity contribution >= 4 is 84.3 Å². The number of likely N-dealkylation sites (N-methyl/N-ethyl adjacent to an activating group) is 7. The minimum atomic E-state index is -2.98. The van der Waals surface area contributed by atoms with E-state index >= 15 is 19.2 Å². The molecule has 0 aromatic carbocycles. The van der Waals surface area contributed by atoms with Gasteiger partial charge in [0, 0.05) is 67.9 Å². The van der Waals surface area contributed by atoms with E-state index in [0.29, 0.717) is 0 Å². The molecule has 24 nitrogen and oxygen atoms in total. The lowest BCUT2D eigenvalue weighted by Gasteiger charge is -2.45. The molecule has 1 saturated heterocycles. The topological polar surface area (TPSA) is 282 Å². The molecule has 26 heteroatoms. The van der Waals surface area contributed by atoms with E-state index in [1.165, 1.54) is 93.9 Å². The van der Waals surface area contributed by atoms with Crippen LogP contribution in [0.1, 0.15) is 177 Å². The molecule has 536 valence electrons. The lowest BCUT2D eigenvalue weighted by atomic mass is 9.94. The van der Waals surface area contributed by atoms with Crippen LogP contribution in [0.3, 0.4) is 0 Å². The molecule has 0 aliphatic carbocycles. The van der Waals surface area contributed by atoms with E-state index in [4.69, 9.17) is 8.61 Å². The smallest absolute Gasteiger partial charge is 0.246 e. The first-order chi connectivity index (χ1) is 42.4. The molecule has 1 rings (SSSR count). The van der Waals surface area contributed by atoms with Crippen molar-refractivity contribution in [3.05, 3.63) is 0 Å². The molecule has 3 N–H and O–H groups in total. The van der Waals surface area contributed by atoms with Crippen LogP contribution < -0.4 is 16.0 Å². The second-order valence-corrected chi connectivity index (χ2v) is 35.8. The van der Waals surface area contributed by atoms with E-state index in [9.17, 15) is 37.8 Å². The lowest BCUT2D eigenvalue weighted by molar-refractivity contribution is -0.158. The third-order valence-electron chi connectivity index (χ3n) is 18.5. The maximum absolute atomic E-state index is 15.7. The third kappa shape index (κ3) is 23.5. The van der Waals surface area contributed by atoms with Crippen LogP contribution in [0, 0.1) is 41.4 Å². The summed E-state index contributed by atoms with van der Waals surface area (Å²) in [5, 5.41) is 8.05. The van der Waals surface area contributed by atoms with Crippen molar-refractivity contribution in [2.75, 3.05) is 55.6 Å². The zero-order chi connectivity index (χ0) is 72.7. The van der Waals surface area contributed by atoms with Gasteiger partial charge in [-0.15, -0.1) is 0 Å². The van der Waals surface area contributed by atoms with Crippen molar-refractivity contribution in [3.63, 3.8) is 0 Å². The van der Waals surface area contributed by atoms with Crippen molar-refractivity contribution < 1.29 is 65.6 Å². The molecule has 14 atom stereocenters. The fourth-order valence-corrected chi connectivity index (χ4v) is 13.4. The molecule has 1 heterocycles. The molecule has 0 aromatic heterocycles. The minimum absolute atomic E-state index is 0.0144. The summed E-state index contributed by atoms with van der Waals surface area (Å²) < 4.78 is 26.0. The monoisotopic (exact) mass is 1350 g/mol. The van der Waals surface area contributed by atoms with Gasteiger partial charge in [0.05, 0.1) is 12.1 Å². The second kappa shape index (κ2) is 36.7. The molecule has 0 aromatic rings. The number of rotatable bonds is 17. The number of nitrogens with zero attached hydrogens (tertiary/aromatic N) is 7. The Morgan fingerprint density at radius 3 is 1.30 bits per heavy atom. The van der Waals surface area contributed by atoms with E-state index in [-0.39, 0.29) is 62.2 Å². The molecule has 0 spiro atoms. The summed E-state index contributed by atoms with van der Waals surface area (Å²) in [7, 11) is 7.10. The van der Waals surface area contributed by atoms with Gasteiger partial charge in [-0.3, -0.25) is 56.9 Å². The Balaban J connectivity index is 4.61. The summed E-state index contributed by atoms with van der Waals surface area (Å²) in [6, 6.07) is -12.4. The van der Waals surface area contributed by atoms with Crippen LogP contribution in [0.15, 0.2) is 0 Å². The van der Waals surface area contributed by atoms with Gasteiger partial charge in [0.15, 0.2) is 25.2 Å². The van der Waals surface area contributed by atoms with E-state index in [1.807, 2.05) is 89.3 Å². The summed E-state index contributed by atoms with van der Waals surface area (Å²) in [6.07, 6.45) is -0.911. The lowest BCUT2D eigenvalue weighted by Crippen LogP contribution is -2.66. The first-order valence-electron chi connectivity index (χ1n) is 33.4. The van der Waals surface area contributed by atoms with Crippen LogP contribution >= 0.6 is 0 Å². The first-order valence-corrected chi connectivity index (χ1v) is 37.8. The molecule has 1 aliphatic rings. The number of carbonyl (C=O) groups excluding carboxylic acids is 11. The van der Waals surface area contributed by atoms with Gasteiger partial charge in [-0.05, 0) is 107 Å². The molecule has 0 bridgehead atoms. The van der Waals surface area contributed by atoms with Gasteiger partial charge in [-0.1, -0.05) is 118 Å². The fraction of sp³-hybridized carbons (Fsp3) is 0.836. The van der Waals surface area contributed by atoms with Gasteiger partial charge in [0.2, 0.25) is 59.1 Å². The van der Waals surface area contributed by atoms with Crippen LogP contribution in [0.5, 0.6) is 0 Å². The zero-order valence-electron chi connectivity index (χ0n) is 62.5. The average Bonchev–Trinajstić information content (AvgIpc) is 0.792. The number of hydrogen-bond donors (Lipinski definition) is 3. The Morgan fingerprint density at radius 2 is 0.892 bits per heavy atom. The highest BCUT2D eigenvalue weighted by atomic mass is 32.2. The summed E-state index contributed by atoms with van der Waals surface area (Å²) in [5.41, 5.74) is 0. The average molecular weight is 1350 g/mol. The maximum atomic E-state index is 15.7. The number of Topliss-reactive ketones (excluding diaryl/α,β-unsaturated/α-hetero) is 1. The van der Waals surface area contributed by atoms with Crippen molar-refractivity contribution in [2.24, 2.45) is 41.4 Å². The van der Waals surface area contributed by atoms with Crippen molar-refractivity contribution in [1.29, 1.82) is 0 Å². The molecular formula is C67H124N10O14SSi. The Bertz CT molecular complexity index is 2610. The highest BCUT2D eigenvalue weighted by molar-refractivity contribution is 7.79. The summed E-state index contributed by atoms with van der Waals surface area (Å²) >= 11 is -1.92. The van der Waals surface area contributed by atoms with Crippen LogP contribution in [-0.2, 0) is 72.4 Å². The molecule has 10 amide bonds. The molecule has 93 heavy (non-hydrogen) atoms. The minimum Gasteiger partial charge on any atom is -0.409 e. The van der Waals surface area contributed by atoms with Gasteiger partial charge >= 0.3 is 0 Å². The Hall–Kier alpha value is -5.34. The zero-order valence-corrected chi connectivity index (χ0v) is 64.3. The Morgan fingerprint density at radius 1 is 0.495 bits per heavy atom. The van der Waals surface area contributed by atoms with Gasteiger partial charge in [0.1, 0.15) is 60.5 Å². The second-order valence-electron chi connectivity index (χ2n) is 30.1. The van der Waals surface area contributed by atoms with Crippen LogP contribution in [0.2, 0.25) is 18.1 Å². The number of ketones is 1. The van der Waals surface area contributed by atoms with Gasteiger partial charge < -0.3 is 54.7 Å². The van der Waals surface area contributed by atoms with E-state index in [2.05, 4.69) is 16.0 Å². The number of amides is 10. The molecular weight excluding hydrogens is 1230 g/mol. The van der Waals surface area contributed by atoms with Gasteiger partial charge in [0.25, 0.3) is 0 Å². The van der Waals surface area contributed by atoms with Gasteiger partial charge in [-0.2, -0.15) is 0 Å². The van der Waals surface area contributed by atoms with E-state index in [1.54, 1.807) is 48.5 Å². The predicted molar refractivity (Wildman–Crippen MR) is 366 cm³/mol. The number of hydrogen-bond acceptors (Lipinski definition) is 14. The highest BCUT2D eigenvalue weighted by Crippen LogP contribution is 2.39. The van der Waals surface area contributed by atoms with Crippen LogP contribution in [0.4, 0.5) is 0 Å². The Kier molecular flexibility index (Phi) is 33.8. The molecule has 1 unspecified atom stereocenters. The standard InChI is InChI=1S/C67H124N10O14SSi/c1-31-47-62(84)71(21)45(16)61(83)72(22)49(33-38(4)5)58(80)70-53(41(10)11)65(87)73(23)48(32-37(2)3)57(79)68-44(15)52(78)36-43(14)60(82)74(24)50(34-39(6)7)63(85)75(25)51(35-40(8)9)64(86)76(26)54(42(12)13)66(88)77(27)55(59(81)69-47)56(46(17)90-92(28)89)91-93(29,30)67(18,19)20/h37-51,53-56H,31-36H2,1-30H3,(H,68,79)(H,69,81)(H,70,80)/t43-,44-,45-,46+,47-,48-,49+,50-,51-,53-,54-,55-,56-,92?/m1/s1. The third-order valence-corrected chi connectivity index (χ3v) is 23.6. The largest absolute Gasteiger partial charge is 0.409 e. The fourth-order valence-electron chi connectivity index (χ4n) is 11.5. The van der Waals surface area contributed by atoms with E-state index in [0.717, 1.165) is 9.80 Å². The van der Waals surface area contributed by atoms with Crippen molar-refractivity contribution in [3.8, 4) is 0 Å². The molecule has 1 fully saturated rings. The quantitative estimate of drug-likeness (QED) is 0.144. The highest BCUT2D eigenvalue weighted by Gasteiger charge is 2.50. The Labute approximate surface area is 562 Å². The normalized spacial score (nSPS) is 27.2. The van der Waals surface area contributed by atoms with E-state index < -0.39 is 180 Å². The first kappa shape index (κ1) is 85.7. The summed E-state index contributed by atoms with van der Waals surface area (Å²) in [4.78, 5) is 173. The SMILES string of the molecule is CC[C@H]1NC(=O)[C@@H]([C@H](O[Si](C)(C)C(C)(C)C)[C@H](C)OS(C)=O)N(C)C(=O)[C@@H](C(C)C)N(C)C(=O)[C@@H](CC(C)C)N(C)C(=O)[C@@H](CC(C)C)N(C)C(=O)[C@H](C)CC(=O)[C@@H](C)NC(=O)[C@@H](CC(C)C)N(C)C(=O)[C@@H](C(C)C)NC(=O)[C@H](CC(C)C)N(C)C(=O)[C@@H](C)N(C)C1=O. The molecule has 1 aliphatic heterocycles. The number of nitrogens with one attached hydrogen (secondary N) is 3. The van der Waals surface area contributed by atoms with Gasteiger partial charge in [-0.25, -0.2) is 4.21 Å². The summed E-state index contributed by atoms with van der Waals surface area (Å²) in [6.45, 7) is 39.5. The maximum Gasteiger partial charge on any atom is 0.246 e. The van der Waals surface area contributed by atoms with Crippen LogP contribution in [-0.4, -0.2) is 240 Å². The van der Waals surface area contributed by atoms with Crippen molar-refractivity contribution in [2.45, 2.75) is 268 Å². The molecule has 0 radical (unpaired) electrons. The van der Waals surface area contributed by atoms with Crippen molar-refractivity contribution in [1.82, 2.24) is 50.2 Å². The summed E-state index contributed by atoms with van der Waals surface area (Å²) in [5.74, 6) is -9.83. The van der Waals surface area contributed by atoms with Crippen LogP contribution in [0.25, 0.3) is 0 Å². The number of carbonyl (C=O) groups is 11. The molecule has 0 saturated carbocycles.